The lowest BCUT2D eigenvalue weighted by Crippen LogP contribution is -2.30. The Labute approximate surface area is 121 Å². The molecule has 1 aromatic rings. The number of benzene rings is 1. The molecular formula is C15H17F2NO3. The first-order valence-corrected chi connectivity index (χ1v) is 6.64. The van der Waals surface area contributed by atoms with Gasteiger partial charge in [0.2, 0.25) is 5.91 Å². The van der Waals surface area contributed by atoms with Crippen molar-refractivity contribution in [3.05, 3.63) is 35.4 Å². The Kier molecular flexibility index (Phi) is 3.74. The molecule has 1 fully saturated rings. The highest BCUT2D eigenvalue weighted by molar-refractivity contribution is 5.91. The van der Waals surface area contributed by atoms with Crippen LogP contribution < -0.4 is 5.32 Å². The van der Waals surface area contributed by atoms with Gasteiger partial charge in [-0.3, -0.25) is 9.59 Å². The molecule has 4 nitrogen and oxygen atoms in total. The molecule has 1 aliphatic rings. The molecule has 3 unspecified atom stereocenters. The van der Waals surface area contributed by atoms with Crippen LogP contribution in [0.2, 0.25) is 0 Å². The normalized spacial score (nSPS) is 24.2. The van der Waals surface area contributed by atoms with E-state index in [-0.39, 0.29) is 5.56 Å². The van der Waals surface area contributed by atoms with E-state index in [4.69, 9.17) is 5.11 Å². The van der Waals surface area contributed by atoms with Gasteiger partial charge in [-0.2, -0.15) is 0 Å². The third-order valence-corrected chi connectivity index (χ3v) is 4.16. The van der Waals surface area contributed by atoms with Gasteiger partial charge in [0, 0.05) is 11.6 Å². The molecule has 3 atom stereocenters. The fourth-order valence-corrected chi connectivity index (χ4v) is 2.82. The van der Waals surface area contributed by atoms with Crippen LogP contribution in [0.4, 0.5) is 8.78 Å². The van der Waals surface area contributed by atoms with Crippen molar-refractivity contribution in [2.45, 2.75) is 26.8 Å². The van der Waals surface area contributed by atoms with Gasteiger partial charge >= 0.3 is 5.97 Å². The lowest BCUT2D eigenvalue weighted by Gasteiger charge is -2.15. The predicted molar refractivity (Wildman–Crippen MR) is 71.3 cm³/mol. The molecular weight excluding hydrogens is 280 g/mol. The fraction of sp³-hybridized carbons (Fsp3) is 0.467. The summed E-state index contributed by atoms with van der Waals surface area (Å²) in [6.07, 6.45) is 0. The van der Waals surface area contributed by atoms with Crippen molar-refractivity contribution in [3.63, 3.8) is 0 Å². The van der Waals surface area contributed by atoms with Gasteiger partial charge in [-0.15, -0.1) is 0 Å². The minimum absolute atomic E-state index is 0.162. The number of amides is 1. The molecule has 0 bridgehead atoms. The number of hydrogen-bond acceptors (Lipinski definition) is 2. The molecule has 0 heterocycles. The summed E-state index contributed by atoms with van der Waals surface area (Å²) in [6.45, 7) is 4.98. The second-order valence-corrected chi connectivity index (χ2v) is 6.01. The van der Waals surface area contributed by atoms with Gasteiger partial charge in [-0.05, 0) is 18.4 Å². The summed E-state index contributed by atoms with van der Waals surface area (Å²) in [5.74, 6) is -4.25. The van der Waals surface area contributed by atoms with Crippen LogP contribution in [0.1, 0.15) is 32.4 Å². The summed E-state index contributed by atoms with van der Waals surface area (Å²) in [4.78, 5) is 23.2. The summed E-state index contributed by atoms with van der Waals surface area (Å²) in [7, 11) is 0. The quantitative estimate of drug-likeness (QED) is 0.897. The van der Waals surface area contributed by atoms with E-state index in [1.54, 1.807) is 20.8 Å². The third kappa shape index (κ3) is 2.75. The highest BCUT2D eigenvalue weighted by Crippen LogP contribution is 2.58. The van der Waals surface area contributed by atoms with Crippen LogP contribution in [0.3, 0.4) is 0 Å². The molecule has 0 radical (unpaired) electrons. The van der Waals surface area contributed by atoms with Crippen molar-refractivity contribution >= 4 is 11.9 Å². The number of carbonyl (C=O) groups excluding carboxylic acids is 1. The van der Waals surface area contributed by atoms with Crippen LogP contribution in [0.5, 0.6) is 0 Å². The van der Waals surface area contributed by atoms with Crippen molar-refractivity contribution in [1.82, 2.24) is 5.32 Å². The molecule has 21 heavy (non-hydrogen) atoms. The summed E-state index contributed by atoms with van der Waals surface area (Å²) in [6, 6.07) is 2.47. The number of nitrogens with one attached hydrogen (secondary N) is 1. The number of hydrogen-bond donors (Lipinski definition) is 2. The molecule has 1 amide bonds. The van der Waals surface area contributed by atoms with Crippen molar-refractivity contribution in [1.29, 1.82) is 0 Å². The van der Waals surface area contributed by atoms with E-state index in [0.29, 0.717) is 0 Å². The summed E-state index contributed by atoms with van der Waals surface area (Å²) in [5, 5.41) is 11.6. The Hall–Kier alpha value is -1.98. The largest absolute Gasteiger partial charge is 0.481 e. The molecule has 1 saturated carbocycles. The zero-order valence-corrected chi connectivity index (χ0v) is 12.0. The minimum atomic E-state index is -1.01. The first-order chi connectivity index (χ1) is 9.66. The van der Waals surface area contributed by atoms with E-state index in [0.717, 1.165) is 12.1 Å². The average Bonchev–Trinajstić information content (AvgIpc) is 2.92. The van der Waals surface area contributed by atoms with Gasteiger partial charge in [0.1, 0.15) is 11.6 Å². The third-order valence-electron chi connectivity index (χ3n) is 4.16. The first-order valence-electron chi connectivity index (χ1n) is 6.64. The Morgan fingerprint density at radius 2 is 1.90 bits per heavy atom. The molecule has 0 aliphatic heterocycles. The van der Waals surface area contributed by atoms with E-state index < -0.39 is 46.8 Å². The number of carbonyl (C=O) groups is 2. The molecule has 2 rings (SSSR count). The first kappa shape index (κ1) is 15.4. The topological polar surface area (TPSA) is 66.4 Å². The Morgan fingerprint density at radius 3 is 2.38 bits per heavy atom. The molecule has 0 spiro atoms. The van der Waals surface area contributed by atoms with Gasteiger partial charge in [-0.1, -0.05) is 19.9 Å². The molecule has 114 valence electrons. The maximum atomic E-state index is 13.6. The zero-order chi connectivity index (χ0) is 15.9. The second-order valence-electron chi connectivity index (χ2n) is 6.01. The van der Waals surface area contributed by atoms with E-state index in [2.05, 4.69) is 5.32 Å². The maximum Gasteiger partial charge on any atom is 0.307 e. The highest BCUT2D eigenvalue weighted by atomic mass is 19.1. The lowest BCUT2D eigenvalue weighted by molar-refractivity contribution is -0.140. The molecule has 1 aromatic carbocycles. The minimum Gasteiger partial charge on any atom is -0.481 e. The van der Waals surface area contributed by atoms with Gasteiger partial charge < -0.3 is 10.4 Å². The standard InChI is InChI=1S/C15H17F2NO3/c1-7(9-5-4-8(16)6-10(9)17)18-13(19)11-12(14(20)21)15(11,2)3/h4-7,11-12H,1-3H3,(H,18,19)(H,20,21). The van der Waals surface area contributed by atoms with E-state index in [1.165, 1.54) is 6.07 Å². The van der Waals surface area contributed by atoms with Crippen molar-refractivity contribution in [3.8, 4) is 0 Å². The summed E-state index contributed by atoms with van der Waals surface area (Å²) in [5.41, 5.74) is -0.452. The molecule has 2 N–H and O–H groups in total. The molecule has 1 aliphatic carbocycles. The SMILES string of the molecule is CC(NC(=O)C1C(C(=O)O)C1(C)C)c1ccc(F)cc1F. The van der Waals surface area contributed by atoms with Crippen molar-refractivity contribution in [2.75, 3.05) is 0 Å². The van der Waals surface area contributed by atoms with Gasteiger partial charge in [0.25, 0.3) is 0 Å². The summed E-state index contributed by atoms with van der Waals surface area (Å²) >= 11 is 0. The number of carboxylic acids is 1. The lowest BCUT2D eigenvalue weighted by atomic mass is 10.1. The van der Waals surface area contributed by atoms with Crippen molar-refractivity contribution in [2.24, 2.45) is 17.3 Å². The van der Waals surface area contributed by atoms with Crippen LogP contribution >= 0.6 is 0 Å². The van der Waals surface area contributed by atoms with Crippen LogP contribution in [0.15, 0.2) is 18.2 Å². The number of carboxylic acid groups (broad SMARTS) is 1. The van der Waals surface area contributed by atoms with Crippen LogP contribution in [-0.2, 0) is 9.59 Å². The van der Waals surface area contributed by atoms with Crippen LogP contribution in [0.25, 0.3) is 0 Å². The van der Waals surface area contributed by atoms with E-state index >= 15 is 0 Å². The Balaban J connectivity index is 2.08. The van der Waals surface area contributed by atoms with Gasteiger partial charge in [-0.25, -0.2) is 8.78 Å². The fourth-order valence-electron chi connectivity index (χ4n) is 2.82. The van der Waals surface area contributed by atoms with Gasteiger partial charge in [0.05, 0.1) is 17.9 Å². The van der Waals surface area contributed by atoms with Crippen LogP contribution in [-0.4, -0.2) is 17.0 Å². The van der Waals surface area contributed by atoms with Crippen molar-refractivity contribution < 1.29 is 23.5 Å². The Morgan fingerprint density at radius 1 is 1.29 bits per heavy atom. The smallest absolute Gasteiger partial charge is 0.307 e. The number of aliphatic carboxylic acids is 1. The average molecular weight is 297 g/mol. The zero-order valence-electron chi connectivity index (χ0n) is 12.0. The molecule has 6 heteroatoms. The Bertz CT molecular complexity index is 601. The highest BCUT2D eigenvalue weighted by Gasteiger charge is 2.65. The molecule has 0 aromatic heterocycles. The predicted octanol–water partition coefficient (Wildman–Crippen LogP) is 2.50. The van der Waals surface area contributed by atoms with E-state index in [1.807, 2.05) is 0 Å². The van der Waals surface area contributed by atoms with Crippen LogP contribution in [0, 0.1) is 28.9 Å². The summed E-state index contributed by atoms with van der Waals surface area (Å²) < 4.78 is 26.5. The molecule has 0 saturated heterocycles. The number of halogens is 2. The second kappa shape index (κ2) is 5.09. The van der Waals surface area contributed by atoms with E-state index in [9.17, 15) is 18.4 Å². The maximum absolute atomic E-state index is 13.6. The monoisotopic (exact) mass is 297 g/mol. The number of rotatable bonds is 4. The van der Waals surface area contributed by atoms with Gasteiger partial charge in [0.15, 0.2) is 0 Å².